The second-order valence-corrected chi connectivity index (χ2v) is 8.55. The molecule has 0 saturated heterocycles. The van der Waals surface area contributed by atoms with Crippen molar-refractivity contribution < 1.29 is 22.7 Å². The molecule has 0 aromatic heterocycles. The Morgan fingerprint density at radius 1 is 1.07 bits per heavy atom. The maximum Gasteiger partial charge on any atom is 0.255 e. The number of nitrogens with one attached hydrogen (secondary N) is 2. The Bertz CT molecular complexity index is 940. The van der Waals surface area contributed by atoms with Gasteiger partial charge in [0.15, 0.2) is 0 Å². The van der Waals surface area contributed by atoms with E-state index in [1.165, 1.54) is 25.3 Å². The highest BCUT2D eigenvalue weighted by Gasteiger charge is 2.22. The summed E-state index contributed by atoms with van der Waals surface area (Å²) in [4.78, 5) is 12.4. The first-order valence-electron chi connectivity index (χ1n) is 9.42. The lowest BCUT2D eigenvalue weighted by Crippen LogP contribution is -2.31. The fourth-order valence-corrected chi connectivity index (χ4v) is 4.02. The number of hydrogen-bond donors (Lipinski definition) is 2. The van der Waals surface area contributed by atoms with Gasteiger partial charge in [-0.1, -0.05) is 12.1 Å². The number of carbonyl (C=O) groups is 1. The Morgan fingerprint density at radius 2 is 1.72 bits per heavy atom. The SMILES string of the molecule is CCOc1ccc([C@H](C)NS(=O)(=O)c2ccc(OC)c(C(=O)NC(C)C)c2)cc1. The highest BCUT2D eigenvalue weighted by atomic mass is 32.2. The smallest absolute Gasteiger partial charge is 0.255 e. The van der Waals surface area contributed by atoms with Crippen LogP contribution < -0.4 is 19.5 Å². The molecule has 0 fully saturated rings. The van der Waals surface area contributed by atoms with E-state index in [0.29, 0.717) is 12.4 Å². The Labute approximate surface area is 172 Å². The van der Waals surface area contributed by atoms with Crippen LogP contribution in [0.4, 0.5) is 0 Å². The maximum absolute atomic E-state index is 12.9. The van der Waals surface area contributed by atoms with E-state index in [9.17, 15) is 13.2 Å². The Balaban J connectivity index is 2.26. The van der Waals surface area contributed by atoms with Crippen LogP contribution in [0.1, 0.15) is 49.7 Å². The monoisotopic (exact) mass is 420 g/mol. The number of carbonyl (C=O) groups excluding carboxylic acids is 1. The number of amides is 1. The third-order valence-electron chi connectivity index (χ3n) is 4.17. The lowest BCUT2D eigenvalue weighted by atomic mass is 10.1. The van der Waals surface area contributed by atoms with Crippen LogP contribution >= 0.6 is 0 Å². The molecule has 2 aromatic carbocycles. The molecule has 2 N–H and O–H groups in total. The number of ether oxygens (including phenoxy) is 2. The highest BCUT2D eigenvalue weighted by molar-refractivity contribution is 7.89. The average molecular weight is 421 g/mol. The van der Waals surface area contributed by atoms with Crippen molar-refractivity contribution in [2.75, 3.05) is 13.7 Å². The number of rotatable bonds is 9. The fraction of sp³-hybridized carbons (Fsp3) is 0.381. The van der Waals surface area contributed by atoms with Gasteiger partial charge < -0.3 is 14.8 Å². The summed E-state index contributed by atoms with van der Waals surface area (Å²) in [5.74, 6) is 0.636. The van der Waals surface area contributed by atoms with Crippen LogP contribution in [-0.4, -0.2) is 34.1 Å². The first-order valence-corrected chi connectivity index (χ1v) is 10.9. The van der Waals surface area contributed by atoms with E-state index in [-0.39, 0.29) is 16.5 Å². The molecule has 7 nitrogen and oxygen atoms in total. The Kier molecular flexibility index (Phi) is 7.64. The lowest BCUT2D eigenvalue weighted by molar-refractivity contribution is 0.0940. The molecule has 1 atom stereocenters. The molecule has 0 unspecified atom stereocenters. The van der Waals surface area contributed by atoms with E-state index in [1.807, 2.05) is 32.9 Å². The van der Waals surface area contributed by atoms with Crippen molar-refractivity contribution in [3.05, 3.63) is 53.6 Å². The van der Waals surface area contributed by atoms with Crippen molar-refractivity contribution in [3.8, 4) is 11.5 Å². The predicted octanol–water partition coefficient (Wildman–Crippen LogP) is 3.27. The molecule has 0 aliphatic carbocycles. The van der Waals surface area contributed by atoms with E-state index in [4.69, 9.17) is 9.47 Å². The summed E-state index contributed by atoms with van der Waals surface area (Å²) in [6.07, 6.45) is 0. The second-order valence-electron chi connectivity index (χ2n) is 6.84. The minimum Gasteiger partial charge on any atom is -0.496 e. The molecule has 0 aliphatic heterocycles. The lowest BCUT2D eigenvalue weighted by Gasteiger charge is -2.17. The third-order valence-corrected chi connectivity index (χ3v) is 5.71. The molecule has 2 aromatic rings. The van der Waals surface area contributed by atoms with E-state index in [1.54, 1.807) is 19.1 Å². The maximum atomic E-state index is 12.9. The van der Waals surface area contributed by atoms with Gasteiger partial charge in [-0.3, -0.25) is 4.79 Å². The molecule has 0 spiro atoms. The summed E-state index contributed by atoms with van der Waals surface area (Å²) in [5.41, 5.74) is 0.959. The van der Waals surface area contributed by atoms with Gasteiger partial charge in [0.05, 0.1) is 24.2 Å². The standard InChI is InChI=1S/C21H28N2O5S/c1-6-28-17-9-7-16(8-10-17)15(4)23-29(25,26)18-11-12-20(27-5)19(13-18)21(24)22-14(2)3/h7-15,23H,6H2,1-5H3,(H,22,24)/t15-/m0/s1. The molecular weight excluding hydrogens is 392 g/mol. The summed E-state index contributed by atoms with van der Waals surface area (Å²) in [5, 5.41) is 2.75. The van der Waals surface area contributed by atoms with Crippen molar-refractivity contribution in [1.29, 1.82) is 0 Å². The summed E-state index contributed by atoms with van der Waals surface area (Å²) < 4.78 is 39.0. The van der Waals surface area contributed by atoms with Crippen molar-refractivity contribution in [1.82, 2.24) is 10.0 Å². The van der Waals surface area contributed by atoms with Crippen LogP contribution in [0.3, 0.4) is 0 Å². The Hall–Kier alpha value is -2.58. The normalized spacial score (nSPS) is 12.5. The minimum absolute atomic E-state index is 0.00927. The average Bonchev–Trinajstić information content (AvgIpc) is 2.67. The zero-order valence-electron chi connectivity index (χ0n) is 17.4. The summed E-state index contributed by atoms with van der Waals surface area (Å²) in [6.45, 7) is 7.86. The molecular formula is C21H28N2O5S. The number of hydrogen-bond acceptors (Lipinski definition) is 5. The molecule has 0 aliphatic rings. The van der Waals surface area contributed by atoms with Gasteiger partial charge in [0.2, 0.25) is 10.0 Å². The largest absolute Gasteiger partial charge is 0.496 e. The molecule has 0 bridgehead atoms. The van der Waals surface area contributed by atoms with Crippen molar-refractivity contribution in [3.63, 3.8) is 0 Å². The van der Waals surface area contributed by atoms with Gasteiger partial charge in [0, 0.05) is 12.1 Å². The number of methoxy groups -OCH3 is 1. The third kappa shape index (κ3) is 5.95. The van der Waals surface area contributed by atoms with Crippen molar-refractivity contribution >= 4 is 15.9 Å². The van der Waals surface area contributed by atoms with Gasteiger partial charge in [0.1, 0.15) is 11.5 Å². The van der Waals surface area contributed by atoms with E-state index >= 15 is 0 Å². The first kappa shape index (κ1) is 22.7. The molecule has 0 saturated carbocycles. The van der Waals surface area contributed by atoms with Gasteiger partial charge in [-0.15, -0.1) is 0 Å². The zero-order valence-corrected chi connectivity index (χ0v) is 18.2. The number of sulfonamides is 1. The molecule has 1 amide bonds. The molecule has 8 heteroatoms. The van der Waals surface area contributed by atoms with Crippen LogP contribution in [0.5, 0.6) is 11.5 Å². The summed E-state index contributed by atoms with van der Waals surface area (Å²) >= 11 is 0. The van der Waals surface area contributed by atoms with Crippen molar-refractivity contribution in [2.45, 2.75) is 44.7 Å². The van der Waals surface area contributed by atoms with E-state index in [2.05, 4.69) is 10.0 Å². The van der Waals surface area contributed by atoms with Crippen LogP contribution in [0.2, 0.25) is 0 Å². The Morgan fingerprint density at radius 3 is 2.28 bits per heavy atom. The van der Waals surface area contributed by atoms with Gasteiger partial charge in [0.25, 0.3) is 5.91 Å². The zero-order chi connectivity index (χ0) is 21.6. The molecule has 0 radical (unpaired) electrons. The van der Waals surface area contributed by atoms with Crippen LogP contribution in [0.25, 0.3) is 0 Å². The highest BCUT2D eigenvalue weighted by Crippen LogP contribution is 2.25. The van der Waals surface area contributed by atoms with E-state index < -0.39 is 22.0 Å². The van der Waals surface area contributed by atoms with Gasteiger partial charge >= 0.3 is 0 Å². The topological polar surface area (TPSA) is 93.7 Å². The first-order chi connectivity index (χ1) is 13.7. The predicted molar refractivity (Wildman–Crippen MR) is 112 cm³/mol. The van der Waals surface area contributed by atoms with Crippen LogP contribution in [0, 0.1) is 0 Å². The molecule has 2 rings (SSSR count). The van der Waals surface area contributed by atoms with Gasteiger partial charge in [-0.25, -0.2) is 13.1 Å². The van der Waals surface area contributed by atoms with Gasteiger partial charge in [-0.05, 0) is 63.6 Å². The van der Waals surface area contributed by atoms with Crippen LogP contribution in [0.15, 0.2) is 47.4 Å². The quantitative estimate of drug-likeness (QED) is 0.649. The molecule has 0 heterocycles. The summed E-state index contributed by atoms with van der Waals surface area (Å²) in [6, 6.07) is 10.9. The number of benzene rings is 2. The molecule has 29 heavy (non-hydrogen) atoms. The minimum atomic E-state index is -3.85. The van der Waals surface area contributed by atoms with Crippen molar-refractivity contribution in [2.24, 2.45) is 0 Å². The van der Waals surface area contributed by atoms with Gasteiger partial charge in [-0.2, -0.15) is 0 Å². The summed E-state index contributed by atoms with van der Waals surface area (Å²) in [7, 11) is -2.42. The fourth-order valence-electron chi connectivity index (χ4n) is 2.76. The van der Waals surface area contributed by atoms with E-state index in [0.717, 1.165) is 11.3 Å². The second kappa shape index (κ2) is 9.76. The molecule has 158 valence electrons. The van der Waals surface area contributed by atoms with Crippen LogP contribution in [-0.2, 0) is 10.0 Å².